The third kappa shape index (κ3) is 5.60. The lowest BCUT2D eigenvalue weighted by Crippen LogP contribution is -2.49. The van der Waals surface area contributed by atoms with E-state index in [-0.39, 0.29) is 0 Å². The highest BCUT2D eigenvalue weighted by Crippen LogP contribution is 2.25. The molecule has 3 aromatic rings. The van der Waals surface area contributed by atoms with Crippen molar-refractivity contribution < 1.29 is 4.74 Å². The molecule has 0 amide bonds. The zero-order chi connectivity index (χ0) is 23.3. The van der Waals surface area contributed by atoms with Crippen LogP contribution in [0.3, 0.4) is 0 Å². The highest BCUT2D eigenvalue weighted by Gasteiger charge is 2.17. The number of anilines is 1. The van der Waals surface area contributed by atoms with Crippen LogP contribution in [0.1, 0.15) is 31.0 Å². The van der Waals surface area contributed by atoms with Gasteiger partial charge in [-0.1, -0.05) is 29.8 Å². The van der Waals surface area contributed by atoms with E-state index in [4.69, 9.17) is 4.74 Å². The van der Waals surface area contributed by atoms with Crippen LogP contribution in [0.2, 0.25) is 0 Å². The molecule has 5 heteroatoms. The molecular formula is C29H36N4O. The molecule has 34 heavy (non-hydrogen) atoms. The Morgan fingerprint density at radius 3 is 2.76 bits per heavy atom. The number of ether oxygens (including phenoxy) is 1. The Hall–Kier alpha value is -2.89. The number of piperazine rings is 1. The number of aromatic nitrogens is 1. The number of hydrogen-bond acceptors (Lipinski definition) is 5. The van der Waals surface area contributed by atoms with E-state index in [1.807, 2.05) is 31.2 Å². The van der Waals surface area contributed by atoms with Crippen molar-refractivity contribution in [1.82, 2.24) is 15.2 Å². The van der Waals surface area contributed by atoms with Crippen molar-refractivity contribution in [3.05, 3.63) is 71.4 Å². The Morgan fingerprint density at radius 1 is 1.06 bits per heavy atom. The summed E-state index contributed by atoms with van der Waals surface area (Å²) in [5, 5.41) is 4.62. The van der Waals surface area contributed by atoms with E-state index in [0.717, 1.165) is 74.5 Å². The molecule has 5 rings (SSSR count). The molecule has 1 atom stereocenters. The summed E-state index contributed by atoms with van der Waals surface area (Å²) in [5.41, 5.74) is 6.26. The fraction of sp³-hybridized carbons (Fsp3) is 0.414. The lowest BCUT2D eigenvalue weighted by Gasteiger charge is -2.33. The monoisotopic (exact) mass is 456 g/mol. The van der Waals surface area contributed by atoms with Crippen molar-refractivity contribution in [2.75, 3.05) is 50.8 Å². The van der Waals surface area contributed by atoms with Gasteiger partial charge in [0.1, 0.15) is 12.4 Å². The fourth-order valence-electron chi connectivity index (χ4n) is 5.06. The molecule has 0 saturated carbocycles. The predicted octanol–water partition coefficient (Wildman–Crippen LogP) is 4.90. The first-order valence-corrected chi connectivity index (χ1v) is 12.6. The minimum absolute atomic E-state index is 0.547. The van der Waals surface area contributed by atoms with Crippen LogP contribution in [0, 0.1) is 6.92 Å². The molecular weight excluding hydrogens is 420 g/mol. The van der Waals surface area contributed by atoms with Gasteiger partial charge in [-0.05, 0) is 68.7 Å². The van der Waals surface area contributed by atoms with Crippen LogP contribution in [-0.2, 0) is 0 Å². The third-order valence-corrected chi connectivity index (χ3v) is 6.97. The first kappa shape index (κ1) is 22.9. The van der Waals surface area contributed by atoms with Crippen LogP contribution in [0.15, 0.2) is 60.2 Å². The molecule has 0 radical (unpaired) electrons. The van der Waals surface area contributed by atoms with Gasteiger partial charge in [-0.25, -0.2) is 0 Å². The first-order valence-electron chi connectivity index (χ1n) is 12.6. The Balaban J connectivity index is 1.13. The van der Waals surface area contributed by atoms with E-state index in [9.17, 15) is 0 Å². The molecule has 3 heterocycles. The van der Waals surface area contributed by atoms with Crippen LogP contribution in [-0.4, -0.2) is 61.8 Å². The minimum Gasteiger partial charge on any atom is -0.492 e. The molecule has 0 aliphatic carbocycles. The number of nitrogens with one attached hydrogen (secondary N) is 1. The number of rotatable bonds is 6. The van der Waals surface area contributed by atoms with Crippen LogP contribution >= 0.6 is 0 Å². The maximum absolute atomic E-state index is 6.16. The standard InChI is InChI=1S/C29H36N4O/c1-22-9-10-27-28(31-22)7-4-8-29(27)34-18-17-32-14-11-24(12-15-32)19-25-5-3-6-26(20-25)33-16-13-30-23(2)21-33/h3-10,19-20,23,30H,11-18,21H2,1-2H3/t23-/m1/s1. The van der Waals surface area contributed by atoms with E-state index in [1.165, 1.54) is 11.3 Å². The number of piperidine rings is 1. The average molecular weight is 457 g/mol. The smallest absolute Gasteiger partial charge is 0.128 e. The lowest BCUT2D eigenvalue weighted by molar-refractivity contribution is 0.200. The quantitative estimate of drug-likeness (QED) is 0.571. The molecule has 0 unspecified atom stereocenters. The summed E-state index contributed by atoms with van der Waals surface area (Å²) in [5.74, 6) is 0.932. The second-order valence-electron chi connectivity index (χ2n) is 9.66. The van der Waals surface area contributed by atoms with Crippen molar-refractivity contribution in [3.63, 3.8) is 0 Å². The van der Waals surface area contributed by atoms with Crippen LogP contribution in [0.5, 0.6) is 5.75 Å². The maximum atomic E-state index is 6.16. The Morgan fingerprint density at radius 2 is 1.91 bits per heavy atom. The summed E-state index contributed by atoms with van der Waals surface area (Å²) in [6.07, 6.45) is 4.67. The number of aryl methyl sites for hydroxylation is 1. The van der Waals surface area contributed by atoms with E-state index in [2.05, 4.69) is 63.4 Å². The minimum atomic E-state index is 0.547. The molecule has 1 aromatic heterocycles. The van der Waals surface area contributed by atoms with Crippen molar-refractivity contribution in [3.8, 4) is 5.75 Å². The zero-order valence-corrected chi connectivity index (χ0v) is 20.5. The molecule has 2 saturated heterocycles. The molecule has 178 valence electrons. The fourth-order valence-corrected chi connectivity index (χ4v) is 5.06. The molecule has 2 aliphatic rings. The van der Waals surface area contributed by atoms with Gasteiger partial charge in [-0.3, -0.25) is 9.88 Å². The number of pyridine rings is 1. The highest BCUT2D eigenvalue weighted by atomic mass is 16.5. The molecule has 0 spiro atoms. The van der Waals surface area contributed by atoms with Crippen molar-refractivity contribution in [2.45, 2.75) is 32.7 Å². The van der Waals surface area contributed by atoms with Crippen molar-refractivity contribution >= 4 is 22.7 Å². The molecule has 2 aromatic carbocycles. The van der Waals surface area contributed by atoms with E-state index >= 15 is 0 Å². The molecule has 1 N–H and O–H groups in total. The zero-order valence-electron chi connectivity index (χ0n) is 20.5. The first-order chi connectivity index (χ1) is 16.6. The topological polar surface area (TPSA) is 40.6 Å². The Labute approximate surface area is 203 Å². The van der Waals surface area contributed by atoms with Gasteiger partial charge < -0.3 is 15.0 Å². The normalized spacial score (nSPS) is 19.4. The van der Waals surface area contributed by atoms with E-state index in [0.29, 0.717) is 12.6 Å². The summed E-state index contributed by atoms with van der Waals surface area (Å²) in [4.78, 5) is 9.63. The summed E-state index contributed by atoms with van der Waals surface area (Å²) in [6.45, 7) is 11.4. The number of fused-ring (bicyclic) bond motifs is 1. The van der Waals surface area contributed by atoms with Gasteiger partial charge >= 0.3 is 0 Å². The Bertz CT molecular complexity index is 1150. The summed E-state index contributed by atoms with van der Waals surface area (Å²) < 4.78 is 6.16. The summed E-state index contributed by atoms with van der Waals surface area (Å²) in [7, 11) is 0. The van der Waals surface area contributed by atoms with Gasteiger partial charge in [0.15, 0.2) is 0 Å². The molecule has 0 bridgehead atoms. The van der Waals surface area contributed by atoms with Gasteiger partial charge in [0, 0.05) is 62.1 Å². The van der Waals surface area contributed by atoms with Gasteiger partial charge in [-0.2, -0.15) is 0 Å². The van der Waals surface area contributed by atoms with Gasteiger partial charge in [-0.15, -0.1) is 0 Å². The number of nitrogens with zero attached hydrogens (tertiary/aromatic N) is 3. The van der Waals surface area contributed by atoms with Crippen molar-refractivity contribution in [2.24, 2.45) is 0 Å². The van der Waals surface area contributed by atoms with Gasteiger partial charge in [0.05, 0.1) is 5.52 Å². The predicted molar refractivity (Wildman–Crippen MR) is 142 cm³/mol. The number of hydrogen-bond donors (Lipinski definition) is 1. The summed E-state index contributed by atoms with van der Waals surface area (Å²) >= 11 is 0. The lowest BCUT2D eigenvalue weighted by atomic mass is 10.0. The second kappa shape index (κ2) is 10.6. The number of likely N-dealkylation sites (tertiary alicyclic amines) is 1. The second-order valence-corrected chi connectivity index (χ2v) is 9.66. The number of benzene rings is 2. The van der Waals surface area contributed by atoms with Crippen LogP contribution in [0.4, 0.5) is 5.69 Å². The van der Waals surface area contributed by atoms with Crippen LogP contribution in [0.25, 0.3) is 17.0 Å². The van der Waals surface area contributed by atoms with E-state index < -0.39 is 0 Å². The highest BCUT2D eigenvalue weighted by molar-refractivity contribution is 5.85. The molecule has 2 fully saturated rings. The summed E-state index contributed by atoms with van der Waals surface area (Å²) in [6, 6.07) is 19.9. The largest absolute Gasteiger partial charge is 0.492 e. The van der Waals surface area contributed by atoms with Crippen LogP contribution < -0.4 is 15.0 Å². The third-order valence-electron chi connectivity index (χ3n) is 6.97. The van der Waals surface area contributed by atoms with Gasteiger partial charge in [0.2, 0.25) is 0 Å². The SMILES string of the molecule is Cc1ccc2c(OCCN3CCC(=Cc4cccc(N5CCN[C@H](C)C5)c4)CC3)cccc2n1. The Kier molecular flexibility index (Phi) is 7.12. The molecule has 2 aliphatic heterocycles. The van der Waals surface area contributed by atoms with Crippen molar-refractivity contribution in [1.29, 1.82) is 0 Å². The van der Waals surface area contributed by atoms with Gasteiger partial charge in [0.25, 0.3) is 0 Å². The molecule has 5 nitrogen and oxygen atoms in total. The average Bonchev–Trinajstić information content (AvgIpc) is 2.85. The van der Waals surface area contributed by atoms with E-state index in [1.54, 1.807) is 5.57 Å². The maximum Gasteiger partial charge on any atom is 0.128 e.